The molecule has 0 unspecified atom stereocenters. The van der Waals surface area contributed by atoms with Crippen LogP contribution in [0, 0.1) is 13.8 Å². The maximum atomic E-state index is 12.1. The first-order chi connectivity index (χ1) is 12.1. The average Bonchev–Trinajstić information content (AvgIpc) is 2.61. The highest BCUT2D eigenvalue weighted by atomic mass is 16.5. The number of hydrogen-bond acceptors (Lipinski definition) is 2. The lowest BCUT2D eigenvalue weighted by Crippen LogP contribution is -2.29. The molecule has 128 valence electrons. The SMILES string of the molecule is Cc1ccc(CC(=O)NCCOc2cccc3ccccc23)c(C)c1. The van der Waals surface area contributed by atoms with E-state index < -0.39 is 0 Å². The molecule has 3 rings (SSSR count). The Hall–Kier alpha value is -2.81. The molecule has 0 saturated heterocycles. The highest BCUT2D eigenvalue weighted by Crippen LogP contribution is 2.24. The summed E-state index contributed by atoms with van der Waals surface area (Å²) < 4.78 is 5.84. The highest BCUT2D eigenvalue weighted by molar-refractivity contribution is 5.88. The van der Waals surface area contributed by atoms with Crippen molar-refractivity contribution in [2.24, 2.45) is 0 Å². The number of fused-ring (bicyclic) bond motifs is 1. The molecule has 1 N–H and O–H groups in total. The summed E-state index contributed by atoms with van der Waals surface area (Å²) in [6.45, 7) is 5.04. The molecule has 0 heterocycles. The molecule has 1 amide bonds. The third-order valence-electron chi connectivity index (χ3n) is 4.28. The highest BCUT2D eigenvalue weighted by Gasteiger charge is 2.06. The summed E-state index contributed by atoms with van der Waals surface area (Å²) in [5.41, 5.74) is 3.44. The van der Waals surface area contributed by atoms with Crippen molar-refractivity contribution in [3.63, 3.8) is 0 Å². The third kappa shape index (κ3) is 4.38. The number of hydrogen-bond donors (Lipinski definition) is 1. The van der Waals surface area contributed by atoms with Crippen LogP contribution in [0.25, 0.3) is 10.8 Å². The van der Waals surface area contributed by atoms with Gasteiger partial charge in [0, 0.05) is 5.39 Å². The van der Waals surface area contributed by atoms with Crippen molar-refractivity contribution in [1.29, 1.82) is 0 Å². The molecule has 0 aromatic heterocycles. The number of carbonyl (C=O) groups excluding carboxylic acids is 1. The molecule has 0 saturated carbocycles. The van der Waals surface area contributed by atoms with Crippen LogP contribution in [-0.4, -0.2) is 19.1 Å². The zero-order chi connectivity index (χ0) is 17.6. The molecule has 0 aliphatic carbocycles. The maximum Gasteiger partial charge on any atom is 0.224 e. The molecular weight excluding hydrogens is 310 g/mol. The molecule has 0 bridgehead atoms. The topological polar surface area (TPSA) is 38.3 Å². The molecule has 0 fully saturated rings. The van der Waals surface area contributed by atoms with Gasteiger partial charge in [0.2, 0.25) is 5.91 Å². The number of nitrogens with one attached hydrogen (secondary N) is 1. The Kier molecular flexibility index (Phi) is 5.34. The number of amides is 1. The summed E-state index contributed by atoms with van der Waals surface area (Å²) in [5, 5.41) is 5.17. The first-order valence-corrected chi connectivity index (χ1v) is 8.57. The summed E-state index contributed by atoms with van der Waals surface area (Å²) in [7, 11) is 0. The Morgan fingerprint density at radius 1 is 1.00 bits per heavy atom. The smallest absolute Gasteiger partial charge is 0.224 e. The largest absolute Gasteiger partial charge is 0.491 e. The predicted molar refractivity (Wildman–Crippen MR) is 102 cm³/mol. The van der Waals surface area contributed by atoms with E-state index in [4.69, 9.17) is 4.74 Å². The quantitative estimate of drug-likeness (QED) is 0.687. The Balaban J connectivity index is 1.50. The van der Waals surface area contributed by atoms with Crippen LogP contribution in [0.5, 0.6) is 5.75 Å². The number of ether oxygens (including phenoxy) is 1. The lowest BCUT2D eigenvalue weighted by atomic mass is 10.0. The standard InChI is InChI=1S/C22H23NO2/c1-16-10-11-19(17(2)14-16)15-22(24)23-12-13-25-21-9-5-7-18-6-3-4-8-20(18)21/h3-11,14H,12-13,15H2,1-2H3,(H,23,24). The lowest BCUT2D eigenvalue weighted by molar-refractivity contribution is -0.120. The molecule has 3 aromatic rings. The fourth-order valence-electron chi connectivity index (χ4n) is 2.95. The summed E-state index contributed by atoms with van der Waals surface area (Å²) in [4.78, 5) is 12.1. The van der Waals surface area contributed by atoms with Gasteiger partial charge in [-0.1, -0.05) is 60.2 Å². The van der Waals surface area contributed by atoms with Crippen molar-refractivity contribution in [1.82, 2.24) is 5.32 Å². The van der Waals surface area contributed by atoms with E-state index in [1.807, 2.05) is 49.4 Å². The van der Waals surface area contributed by atoms with Crippen molar-refractivity contribution in [3.05, 3.63) is 77.4 Å². The molecule has 0 radical (unpaired) electrons. The third-order valence-corrected chi connectivity index (χ3v) is 4.28. The van der Waals surface area contributed by atoms with Crippen LogP contribution < -0.4 is 10.1 Å². The second kappa shape index (κ2) is 7.84. The van der Waals surface area contributed by atoms with Crippen LogP contribution in [-0.2, 0) is 11.2 Å². The molecule has 3 heteroatoms. The van der Waals surface area contributed by atoms with E-state index in [0.717, 1.165) is 27.6 Å². The zero-order valence-corrected chi connectivity index (χ0v) is 14.7. The molecule has 0 spiro atoms. The average molecular weight is 333 g/mol. The molecule has 0 aliphatic heterocycles. The molecule has 3 nitrogen and oxygen atoms in total. The van der Waals surface area contributed by atoms with Gasteiger partial charge in [-0.05, 0) is 36.4 Å². The fourth-order valence-corrected chi connectivity index (χ4v) is 2.95. The first-order valence-electron chi connectivity index (χ1n) is 8.57. The second-order valence-corrected chi connectivity index (χ2v) is 6.28. The van der Waals surface area contributed by atoms with E-state index in [0.29, 0.717) is 19.6 Å². The van der Waals surface area contributed by atoms with E-state index in [2.05, 4.69) is 30.4 Å². The van der Waals surface area contributed by atoms with Gasteiger partial charge in [0.15, 0.2) is 0 Å². The monoisotopic (exact) mass is 333 g/mol. The maximum absolute atomic E-state index is 12.1. The summed E-state index contributed by atoms with van der Waals surface area (Å²) >= 11 is 0. The van der Waals surface area contributed by atoms with Crippen molar-refractivity contribution in [2.45, 2.75) is 20.3 Å². The van der Waals surface area contributed by atoms with Gasteiger partial charge < -0.3 is 10.1 Å². The van der Waals surface area contributed by atoms with Crippen LogP contribution in [0.1, 0.15) is 16.7 Å². The molecule has 0 atom stereocenters. The van der Waals surface area contributed by atoms with E-state index in [9.17, 15) is 4.79 Å². The van der Waals surface area contributed by atoms with E-state index in [-0.39, 0.29) is 5.91 Å². The van der Waals surface area contributed by atoms with Crippen LogP contribution >= 0.6 is 0 Å². The Bertz CT molecular complexity index is 881. The van der Waals surface area contributed by atoms with Gasteiger partial charge >= 0.3 is 0 Å². The normalized spacial score (nSPS) is 10.6. The van der Waals surface area contributed by atoms with Gasteiger partial charge in [-0.15, -0.1) is 0 Å². The van der Waals surface area contributed by atoms with Gasteiger partial charge in [-0.2, -0.15) is 0 Å². The summed E-state index contributed by atoms with van der Waals surface area (Å²) in [6.07, 6.45) is 0.403. The van der Waals surface area contributed by atoms with Crippen molar-refractivity contribution < 1.29 is 9.53 Å². The van der Waals surface area contributed by atoms with Gasteiger partial charge in [-0.3, -0.25) is 4.79 Å². The number of aryl methyl sites for hydroxylation is 2. The van der Waals surface area contributed by atoms with E-state index >= 15 is 0 Å². The van der Waals surface area contributed by atoms with E-state index in [1.165, 1.54) is 5.56 Å². The molecule has 25 heavy (non-hydrogen) atoms. The second-order valence-electron chi connectivity index (χ2n) is 6.28. The van der Waals surface area contributed by atoms with Gasteiger partial charge in [0.1, 0.15) is 12.4 Å². The lowest BCUT2D eigenvalue weighted by Gasteiger charge is -2.11. The Morgan fingerprint density at radius 2 is 1.80 bits per heavy atom. The van der Waals surface area contributed by atoms with Crippen molar-refractivity contribution >= 4 is 16.7 Å². The predicted octanol–water partition coefficient (Wildman–Crippen LogP) is 4.19. The zero-order valence-electron chi connectivity index (χ0n) is 14.7. The Labute approximate surface area is 148 Å². The van der Waals surface area contributed by atoms with Crippen molar-refractivity contribution in [3.8, 4) is 5.75 Å². The van der Waals surface area contributed by atoms with Crippen LogP contribution in [0.15, 0.2) is 60.7 Å². The van der Waals surface area contributed by atoms with Gasteiger partial charge in [0.05, 0.1) is 13.0 Å². The first kappa shape index (κ1) is 17.0. The Morgan fingerprint density at radius 3 is 2.64 bits per heavy atom. The van der Waals surface area contributed by atoms with E-state index in [1.54, 1.807) is 0 Å². The van der Waals surface area contributed by atoms with Crippen LogP contribution in [0.3, 0.4) is 0 Å². The number of benzene rings is 3. The minimum atomic E-state index is 0.0217. The van der Waals surface area contributed by atoms with Crippen LogP contribution in [0.2, 0.25) is 0 Å². The minimum absolute atomic E-state index is 0.0217. The summed E-state index contributed by atoms with van der Waals surface area (Å²) in [5.74, 6) is 0.871. The molecule has 3 aromatic carbocycles. The van der Waals surface area contributed by atoms with Crippen molar-refractivity contribution in [2.75, 3.05) is 13.2 Å². The van der Waals surface area contributed by atoms with Gasteiger partial charge in [0.25, 0.3) is 0 Å². The molecular formula is C22H23NO2. The summed E-state index contributed by atoms with van der Waals surface area (Å²) in [6, 6.07) is 20.3. The number of rotatable bonds is 6. The minimum Gasteiger partial charge on any atom is -0.491 e. The number of carbonyl (C=O) groups is 1. The van der Waals surface area contributed by atoms with Crippen LogP contribution in [0.4, 0.5) is 0 Å². The van der Waals surface area contributed by atoms with Gasteiger partial charge in [-0.25, -0.2) is 0 Å². The fraction of sp³-hybridized carbons (Fsp3) is 0.227. The molecule has 0 aliphatic rings.